The van der Waals surface area contributed by atoms with Crippen molar-refractivity contribution < 1.29 is 0 Å². The lowest BCUT2D eigenvalue weighted by Gasteiger charge is -2.35. The SMILES string of the molecule is Cl.Cl.Cn1ccnc1C1CNCCN1Cc1csc(-c2ncccn2)n1. The highest BCUT2D eigenvalue weighted by molar-refractivity contribution is 7.13. The van der Waals surface area contributed by atoms with E-state index in [1.54, 1.807) is 23.7 Å². The molecular formula is C16H21Cl2N7S. The molecule has 1 aliphatic heterocycles. The van der Waals surface area contributed by atoms with E-state index < -0.39 is 0 Å². The van der Waals surface area contributed by atoms with Crippen LogP contribution in [0.3, 0.4) is 0 Å². The van der Waals surface area contributed by atoms with E-state index in [1.165, 1.54) is 0 Å². The Labute approximate surface area is 168 Å². The number of thiazole rings is 1. The van der Waals surface area contributed by atoms with Gasteiger partial charge in [-0.3, -0.25) is 4.90 Å². The number of nitrogens with one attached hydrogen (secondary N) is 1. The Kier molecular flexibility index (Phi) is 7.48. The second-order valence-electron chi connectivity index (χ2n) is 5.80. The number of hydrogen-bond donors (Lipinski definition) is 1. The van der Waals surface area contributed by atoms with Crippen molar-refractivity contribution in [2.75, 3.05) is 19.6 Å². The third-order valence-corrected chi connectivity index (χ3v) is 5.07. The number of halogens is 2. The molecule has 140 valence electrons. The lowest BCUT2D eigenvalue weighted by molar-refractivity contribution is 0.143. The van der Waals surface area contributed by atoms with Crippen molar-refractivity contribution in [2.45, 2.75) is 12.6 Å². The van der Waals surface area contributed by atoms with Gasteiger partial charge >= 0.3 is 0 Å². The minimum atomic E-state index is 0. The summed E-state index contributed by atoms with van der Waals surface area (Å²) in [6.07, 6.45) is 7.35. The lowest BCUT2D eigenvalue weighted by atomic mass is 10.1. The van der Waals surface area contributed by atoms with E-state index in [-0.39, 0.29) is 30.9 Å². The van der Waals surface area contributed by atoms with Crippen LogP contribution in [0.4, 0.5) is 0 Å². The van der Waals surface area contributed by atoms with Gasteiger partial charge in [0.2, 0.25) is 0 Å². The normalized spacial score (nSPS) is 17.3. The van der Waals surface area contributed by atoms with E-state index in [0.29, 0.717) is 5.82 Å². The smallest absolute Gasteiger partial charge is 0.188 e. The summed E-state index contributed by atoms with van der Waals surface area (Å²) in [4.78, 5) is 20.2. The maximum absolute atomic E-state index is 4.72. The van der Waals surface area contributed by atoms with Gasteiger partial charge in [0.25, 0.3) is 0 Å². The molecule has 0 aliphatic carbocycles. The van der Waals surface area contributed by atoms with Gasteiger partial charge < -0.3 is 9.88 Å². The fourth-order valence-electron chi connectivity index (χ4n) is 2.99. The first-order chi connectivity index (χ1) is 11.8. The Balaban J connectivity index is 0.00000121. The quantitative estimate of drug-likeness (QED) is 0.707. The van der Waals surface area contributed by atoms with Crippen LogP contribution in [-0.4, -0.2) is 49.0 Å². The average molecular weight is 414 g/mol. The summed E-state index contributed by atoms with van der Waals surface area (Å²) in [6, 6.07) is 2.08. The second-order valence-corrected chi connectivity index (χ2v) is 6.66. The first kappa shape index (κ1) is 20.7. The number of aryl methyl sites for hydroxylation is 1. The molecule has 1 atom stereocenters. The van der Waals surface area contributed by atoms with Gasteiger partial charge in [-0.15, -0.1) is 36.2 Å². The maximum Gasteiger partial charge on any atom is 0.188 e. The summed E-state index contributed by atoms with van der Waals surface area (Å²) in [7, 11) is 2.04. The molecule has 0 radical (unpaired) electrons. The first-order valence-corrected chi connectivity index (χ1v) is 8.83. The van der Waals surface area contributed by atoms with Crippen molar-refractivity contribution in [3.8, 4) is 10.8 Å². The molecule has 1 N–H and O–H groups in total. The molecule has 1 saturated heterocycles. The van der Waals surface area contributed by atoms with Gasteiger partial charge in [-0.1, -0.05) is 0 Å². The summed E-state index contributed by atoms with van der Waals surface area (Å²) in [5.41, 5.74) is 1.06. The average Bonchev–Trinajstić information content (AvgIpc) is 3.25. The second kappa shape index (κ2) is 9.38. The van der Waals surface area contributed by atoms with Crippen LogP contribution in [0.5, 0.6) is 0 Å². The molecule has 1 unspecified atom stereocenters. The molecule has 0 amide bonds. The number of imidazole rings is 1. The minimum absolute atomic E-state index is 0. The van der Waals surface area contributed by atoms with Crippen molar-refractivity contribution in [1.29, 1.82) is 0 Å². The number of piperazine rings is 1. The fourth-order valence-corrected chi connectivity index (χ4v) is 3.74. The molecule has 3 aromatic rings. The Bertz CT molecular complexity index is 808. The van der Waals surface area contributed by atoms with Crippen molar-refractivity contribution in [3.05, 3.63) is 47.8 Å². The van der Waals surface area contributed by atoms with Gasteiger partial charge in [-0.05, 0) is 6.07 Å². The first-order valence-electron chi connectivity index (χ1n) is 7.95. The van der Waals surface area contributed by atoms with Crippen LogP contribution in [0.15, 0.2) is 36.2 Å². The third kappa shape index (κ3) is 4.39. The zero-order valence-corrected chi connectivity index (χ0v) is 16.7. The molecule has 1 aliphatic rings. The van der Waals surface area contributed by atoms with E-state index in [2.05, 4.69) is 35.1 Å². The number of nitrogens with zero attached hydrogens (tertiary/aromatic N) is 6. The van der Waals surface area contributed by atoms with Gasteiger partial charge in [0.1, 0.15) is 5.82 Å². The minimum Gasteiger partial charge on any atom is -0.337 e. The molecule has 0 bridgehead atoms. The van der Waals surface area contributed by atoms with Gasteiger partial charge in [-0.2, -0.15) is 0 Å². The Morgan fingerprint density at radius 2 is 2.00 bits per heavy atom. The zero-order valence-electron chi connectivity index (χ0n) is 14.3. The van der Waals surface area contributed by atoms with Crippen molar-refractivity contribution in [2.24, 2.45) is 7.05 Å². The van der Waals surface area contributed by atoms with E-state index in [4.69, 9.17) is 4.98 Å². The van der Waals surface area contributed by atoms with Gasteiger partial charge in [0, 0.05) is 63.4 Å². The van der Waals surface area contributed by atoms with Crippen molar-refractivity contribution in [3.63, 3.8) is 0 Å². The third-order valence-electron chi connectivity index (χ3n) is 4.18. The summed E-state index contributed by atoms with van der Waals surface area (Å²) in [5.74, 6) is 1.78. The summed E-state index contributed by atoms with van der Waals surface area (Å²) in [5, 5.41) is 6.43. The molecule has 0 spiro atoms. The predicted octanol–water partition coefficient (Wildman–Crippen LogP) is 2.32. The van der Waals surface area contributed by atoms with Gasteiger partial charge in [0.15, 0.2) is 10.8 Å². The Morgan fingerprint density at radius 3 is 2.73 bits per heavy atom. The number of hydrogen-bond acceptors (Lipinski definition) is 7. The molecule has 3 aromatic heterocycles. The highest BCUT2D eigenvalue weighted by Crippen LogP contribution is 2.25. The monoisotopic (exact) mass is 413 g/mol. The van der Waals surface area contributed by atoms with Crippen LogP contribution in [0.25, 0.3) is 10.8 Å². The van der Waals surface area contributed by atoms with Crippen LogP contribution in [0, 0.1) is 0 Å². The van der Waals surface area contributed by atoms with Crippen LogP contribution < -0.4 is 5.32 Å². The molecule has 0 aromatic carbocycles. The molecular weight excluding hydrogens is 393 g/mol. The van der Waals surface area contributed by atoms with E-state index >= 15 is 0 Å². The lowest BCUT2D eigenvalue weighted by Crippen LogP contribution is -2.46. The van der Waals surface area contributed by atoms with Crippen LogP contribution in [0.2, 0.25) is 0 Å². The number of aromatic nitrogens is 5. The van der Waals surface area contributed by atoms with Gasteiger partial charge in [0.05, 0.1) is 11.7 Å². The largest absolute Gasteiger partial charge is 0.337 e. The molecule has 4 rings (SSSR count). The topological polar surface area (TPSA) is 71.8 Å². The number of rotatable bonds is 4. The highest BCUT2D eigenvalue weighted by atomic mass is 35.5. The fraction of sp³-hybridized carbons (Fsp3) is 0.375. The summed E-state index contributed by atoms with van der Waals surface area (Å²) in [6.45, 7) is 3.68. The van der Waals surface area contributed by atoms with Crippen molar-refractivity contribution in [1.82, 2.24) is 34.7 Å². The maximum atomic E-state index is 4.72. The standard InChI is InChI=1S/C16H19N7S.2ClH/c1-22-7-6-20-15(22)13-9-17-5-8-23(13)10-12-11-24-16(21-12)14-18-3-2-4-19-14;;/h2-4,6-7,11,13,17H,5,8-10H2,1H3;2*1H. The molecule has 4 heterocycles. The van der Waals surface area contributed by atoms with Crippen LogP contribution in [0.1, 0.15) is 17.6 Å². The van der Waals surface area contributed by atoms with Crippen LogP contribution >= 0.6 is 36.2 Å². The zero-order chi connectivity index (χ0) is 16.4. The highest BCUT2D eigenvalue weighted by Gasteiger charge is 2.27. The molecule has 26 heavy (non-hydrogen) atoms. The molecule has 10 heteroatoms. The Hall–Kier alpha value is -1.58. The van der Waals surface area contributed by atoms with Crippen molar-refractivity contribution >= 4 is 36.2 Å². The summed E-state index contributed by atoms with van der Waals surface area (Å²) < 4.78 is 2.09. The predicted molar refractivity (Wildman–Crippen MR) is 107 cm³/mol. The Morgan fingerprint density at radius 1 is 1.19 bits per heavy atom. The van der Waals surface area contributed by atoms with Gasteiger partial charge in [-0.25, -0.2) is 19.9 Å². The van der Waals surface area contributed by atoms with Crippen LogP contribution in [-0.2, 0) is 13.6 Å². The molecule has 0 saturated carbocycles. The van der Waals surface area contributed by atoms with E-state index in [9.17, 15) is 0 Å². The van der Waals surface area contributed by atoms with E-state index in [1.807, 2.05) is 25.5 Å². The molecule has 7 nitrogen and oxygen atoms in total. The molecule has 1 fully saturated rings. The summed E-state index contributed by atoms with van der Waals surface area (Å²) >= 11 is 1.59. The van der Waals surface area contributed by atoms with E-state index in [0.717, 1.165) is 42.7 Å².